The lowest BCUT2D eigenvalue weighted by molar-refractivity contribution is -0.142. The standard InChI is InChI=1S/C20H23NO5S2/c1-20(2)18(19(22)23)21(13-6-14-27-20)28(24,25)17-11-9-16(10-12-17)26-15-7-4-3-5-8-15/h3-5,7-12,18H,6,13-14H2,1-2H3,(H,22,23)/t18-/m0/s1. The van der Waals surface area contributed by atoms with Gasteiger partial charge in [-0.25, -0.2) is 8.42 Å². The van der Waals surface area contributed by atoms with Crippen molar-refractivity contribution in [3.8, 4) is 11.5 Å². The van der Waals surface area contributed by atoms with E-state index in [2.05, 4.69) is 0 Å². The molecule has 0 spiro atoms. The van der Waals surface area contributed by atoms with Crippen LogP contribution in [0.4, 0.5) is 0 Å². The zero-order chi connectivity index (χ0) is 20.4. The quantitative estimate of drug-likeness (QED) is 0.790. The average molecular weight is 422 g/mol. The first-order valence-corrected chi connectivity index (χ1v) is 11.4. The van der Waals surface area contributed by atoms with E-state index in [0.29, 0.717) is 23.7 Å². The van der Waals surface area contributed by atoms with E-state index in [1.165, 1.54) is 23.9 Å². The van der Waals surface area contributed by atoms with Gasteiger partial charge < -0.3 is 9.84 Å². The second-order valence-electron chi connectivity index (χ2n) is 7.05. The van der Waals surface area contributed by atoms with Crippen molar-refractivity contribution in [1.29, 1.82) is 0 Å². The molecule has 1 atom stereocenters. The number of benzene rings is 2. The van der Waals surface area contributed by atoms with Gasteiger partial charge >= 0.3 is 5.97 Å². The first kappa shape index (κ1) is 20.7. The van der Waals surface area contributed by atoms with Crippen LogP contribution in [0.1, 0.15) is 20.3 Å². The van der Waals surface area contributed by atoms with Crippen molar-refractivity contribution in [2.45, 2.75) is 36.0 Å². The highest BCUT2D eigenvalue weighted by Gasteiger charge is 2.46. The third kappa shape index (κ3) is 4.34. The second kappa shape index (κ2) is 8.14. The van der Waals surface area contributed by atoms with Crippen molar-refractivity contribution in [2.24, 2.45) is 0 Å². The fourth-order valence-electron chi connectivity index (χ4n) is 3.23. The molecule has 2 aromatic carbocycles. The van der Waals surface area contributed by atoms with Crippen molar-refractivity contribution in [3.05, 3.63) is 54.6 Å². The minimum absolute atomic E-state index is 0.0573. The molecule has 0 bridgehead atoms. The number of hydrogen-bond acceptors (Lipinski definition) is 5. The van der Waals surface area contributed by atoms with E-state index >= 15 is 0 Å². The number of hydrogen-bond donors (Lipinski definition) is 1. The zero-order valence-electron chi connectivity index (χ0n) is 15.7. The third-order valence-corrected chi connectivity index (χ3v) is 7.93. The first-order chi connectivity index (χ1) is 13.2. The maximum Gasteiger partial charge on any atom is 0.323 e. The van der Waals surface area contributed by atoms with Crippen LogP contribution >= 0.6 is 11.8 Å². The number of thioether (sulfide) groups is 1. The number of aliphatic carboxylic acids is 1. The fourth-order valence-corrected chi connectivity index (χ4v) is 6.23. The largest absolute Gasteiger partial charge is 0.480 e. The first-order valence-electron chi connectivity index (χ1n) is 8.93. The Morgan fingerprint density at radius 1 is 1.11 bits per heavy atom. The molecule has 0 radical (unpaired) electrons. The van der Waals surface area contributed by atoms with Gasteiger partial charge in [0.2, 0.25) is 10.0 Å². The Kier molecular flexibility index (Phi) is 6.02. The molecular formula is C20H23NO5S2. The molecule has 1 aliphatic heterocycles. The molecule has 0 aliphatic carbocycles. The van der Waals surface area contributed by atoms with Crippen LogP contribution in [0.5, 0.6) is 11.5 Å². The number of para-hydroxylation sites is 1. The van der Waals surface area contributed by atoms with E-state index in [1.807, 2.05) is 18.2 Å². The van der Waals surface area contributed by atoms with E-state index in [0.717, 1.165) is 4.31 Å². The van der Waals surface area contributed by atoms with Crippen LogP contribution < -0.4 is 4.74 Å². The van der Waals surface area contributed by atoms with Crippen molar-refractivity contribution in [1.82, 2.24) is 4.31 Å². The molecule has 8 heteroatoms. The SMILES string of the molecule is CC1(C)SCCCN(S(=O)(=O)c2ccc(Oc3ccccc3)cc2)[C@H]1C(=O)O. The van der Waals surface area contributed by atoms with Crippen LogP contribution in [-0.4, -0.2) is 46.9 Å². The van der Waals surface area contributed by atoms with Gasteiger partial charge in [0.25, 0.3) is 0 Å². The number of rotatable bonds is 5. The summed E-state index contributed by atoms with van der Waals surface area (Å²) in [7, 11) is -3.96. The molecule has 1 aliphatic rings. The number of nitrogens with zero attached hydrogens (tertiary/aromatic N) is 1. The predicted molar refractivity (Wildman–Crippen MR) is 109 cm³/mol. The lowest BCUT2D eigenvalue weighted by atomic mass is 10.0. The Bertz CT molecular complexity index is 927. The number of carboxylic acid groups (broad SMARTS) is 1. The van der Waals surface area contributed by atoms with Gasteiger partial charge in [-0.15, -0.1) is 0 Å². The summed E-state index contributed by atoms with van der Waals surface area (Å²) in [5, 5.41) is 9.75. The highest BCUT2D eigenvalue weighted by Crippen LogP contribution is 2.37. The summed E-state index contributed by atoms with van der Waals surface area (Å²) in [5.41, 5.74) is 0. The Morgan fingerprint density at radius 2 is 1.71 bits per heavy atom. The molecule has 1 fully saturated rings. The Hall–Kier alpha value is -2.03. The van der Waals surface area contributed by atoms with E-state index in [4.69, 9.17) is 4.74 Å². The summed E-state index contributed by atoms with van der Waals surface area (Å²) in [5.74, 6) is 0.737. The normalized spacial score (nSPS) is 20.3. The average Bonchev–Trinajstić information content (AvgIpc) is 2.81. The Balaban J connectivity index is 1.89. The summed E-state index contributed by atoms with van der Waals surface area (Å²) in [6.07, 6.45) is 0.603. The molecule has 1 N–H and O–H groups in total. The van der Waals surface area contributed by atoms with Gasteiger partial charge in [0, 0.05) is 11.3 Å². The minimum Gasteiger partial charge on any atom is -0.480 e. The third-order valence-electron chi connectivity index (χ3n) is 4.59. The van der Waals surface area contributed by atoms with Crippen molar-refractivity contribution in [3.63, 3.8) is 0 Å². The molecule has 0 amide bonds. The minimum atomic E-state index is -3.96. The number of sulfonamides is 1. The lowest BCUT2D eigenvalue weighted by Crippen LogP contribution is -2.54. The van der Waals surface area contributed by atoms with E-state index < -0.39 is 26.8 Å². The van der Waals surface area contributed by atoms with Crippen molar-refractivity contribution in [2.75, 3.05) is 12.3 Å². The van der Waals surface area contributed by atoms with E-state index in [-0.39, 0.29) is 11.4 Å². The molecule has 0 unspecified atom stereocenters. The predicted octanol–water partition coefficient (Wildman–Crippen LogP) is 3.84. The summed E-state index contributed by atoms with van der Waals surface area (Å²) in [6.45, 7) is 3.74. The maximum atomic E-state index is 13.2. The van der Waals surface area contributed by atoms with Crippen LogP contribution in [0.3, 0.4) is 0 Å². The highest BCUT2D eigenvalue weighted by molar-refractivity contribution is 8.00. The molecule has 0 aromatic heterocycles. The molecule has 150 valence electrons. The second-order valence-corrected chi connectivity index (χ2v) is 10.7. The molecule has 1 heterocycles. The van der Waals surface area contributed by atoms with Gasteiger partial charge in [-0.3, -0.25) is 4.79 Å². The summed E-state index contributed by atoms with van der Waals surface area (Å²) in [4.78, 5) is 12.0. The summed E-state index contributed by atoms with van der Waals surface area (Å²) in [6, 6.07) is 14.1. The van der Waals surface area contributed by atoms with Gasteiger partial charge in [-0.1, -0.05) is 18.2 Å². The molecule has 2 aromatic rings. The van der Waals surface area contributed by atoms with E-state index in [9.17, 15) is 18.3 Å². The Labute approximate surface area is 169 Å². The summed E-state index contributed by atoms with van der Waals surface area (Å²) >= 11 is 1.49. The zero-order valence-corrected chi connectivity index (χ0v) is 17.4. The molecular weight excluding hydrogens is 398 g/mol. The monoisotopic (exact) mass is 421 g/mol. The molecule has 0 saturated carbocycles. The van der Waals surface area contributed by atoms with Crippen LogP contribution in [0.25, 0.3) is 0 Å². The molecule has 1 saturated heterocycles. The van der Waals surface area contributed by atoms with Gasteiger partial charge in [0.15, 0.2) is 0 Å². The Morgan fingerprint density at radius 3 is 2.32 bits per heavy atom. The van der Waals surface area contributed by atoms with Gasteiger partial charge in [-0.2, -0.15) is 16.1 Å². The number of carboxylic acids is 1. The van der Waals surface area contributed by atoms with Crippen LogP contribution in [0.2, 0.25) is 0 Å². The summed E-state index contributed by atoms with van der Waals surface area (Å²) < 4.78 is 32.5. The lowest BCUT2D eigenvalue weighted by Gasteiger charge is -2.35. The van der Waals surface area contributed by atoms with E-state index in [1.54, 1.807) is 38.1 Å². The highest BCUT2D eigenvalue weighted by atomic mass is 32.2. The van der Waals surface area contributed by atoms with Gasteiger partial charge in [0.1, 0.15) is 17.5 Å². The van der Waals surface area contributed by atoms with Crippen molar-refractivity contribution >= 4 is 27.8 Å². The smallest absolute Gasteiger partial charge is 0.323 e. The number of ether oxygens (including phenoxy) is 1. The topological polar surface area (TPSA) is 83.9 Å². The van der Waals surface area contributed by atoms with Gasteiger partial charge in [-0.05, 0) is 62.4 Å². The molecule has 3 rings (SSSR count). The number of carbonyl (C=O) groups is 1. The van der Waals surface area contributed by atoms with Crippen molar-refractivity contribution < 1.29 is 23.1 Å². The van der Waals surface area contributed by atoms with Crippen LogP contribution in [0, 0.1) is 0 Å². The van der Waals surface area contributed by atoms with Gasteiger partial charge in [0.05, 0.1) is 4.90 Å². The molecule has 6 nitrogen and oxygen atoms in total. The molecule has 28 heavy (non-hydrogen) atoms. The van der Waals surface area contributed by atoms with Crippen LogP contribution in [0.15, 0.2) is 59.5 Å². The fraction of sp³-hybridized carbons (Fsp3) is 0.350. The van der Waals surface area contributed by atoms with Crippen LogP contribution in [-0.2, 0) is 14.8 Å². The maximum absolute atomic E-state index is 13.2.